The molecular weight excluding hydrogens is 344 g/mol. The molecule has 9 heteroatoms. The number of rotatable bonds is 6. The average molecular weight is 355 g/mol. The van der Waals surface area contributed by atoms with Gasteiger partial charge in [0.2, 0.25) is 0 Å². The highest BCUT2D eigenvalue weighted by atomic mass is 35.5. The molecule has 23 heavy (non-hydrogen) atoms. The van der Waals surface area contributed by atoms with Crippen LogP contribution in [0.4, 0.5) is 5.69 Å². The van der Waals surface area contributed by atoms with Gasteiger partial charge in [0.15, 0.2) is 6.29 Å². The molecular formula is C14H11ClN2O5S. The first-order valence-corrected chi connectivity index (χ1v) is 7.77. The molecule has 2 aromatic carbocycles. The largest absolute Gasteiger partial charge is 0.295 e. The van der Waals surface area contributed by atoms with Crippen LogP contribution in [0.5, 0.6) is 0 Å². The first kappa shape index (κ1) is 17.1. The summed E-state index contributed by atoms with van der Waals surface area (Å²) in [5.41, 5.74) is 2.00. The smallest absolute Gasteiger partial charge is 0.292 e. The number of benzene rings is 2. The number of nitro groups is 1. The number of anilines is 1. The molecule has 2 atom stereocenters. The Balaban J connectivity index is 2.31. The molecule has 0 aliphatic heterocycles. The van der Waals surface area contributed by atoms with E-state index in [9.17, 15) is 19.1 Å². The fourth-order valence-corrected chi connectivity index (χ4v) is 2.64. The molecule has 0 aliphatic rings. The molecule has 0 heterocycles. The highest BCUT2D eigenvalue weighted by Gasteiger charge is 2.21. The summed E-state index contributed by atoms with van der Waals surface area (Å²) < 4.78 is 21.8. The Morgan fingerprint density at radius 1 is 1.26 bits per heavy atom. The van der Waals surface area contributed by atoms with E-state index in [4.69, 9.17) is 16.2 Å². The Labute approximate surface area is 138 Å². The van der Waals surface area contributed by atoms with Gasteiger partial charge in [0.05, 0.1) is 5.02 Å². The third-order valence-corrected chi connectivity index (χ3v) is 3.82. The first-order chi connectivity index (χ1) is 10.9. The molecule has 0 fully saturated rings. The molecule has 0 radical (unpaired) electrons. The van der Waals surface area contributed by atoms with E-state index >= 15 is 0 Å². The molecule has 0 amide bonds. The minimum atomic E-state index is -2.20. The second kappa shape index (κ2) is 7.32. The Hall–Kier alpha value is -2.29. The fraction of sp³-hybridized carbons (Fsp3) is 0.0714. The Bertz CT molecular complexity index is 766. The SMILES string of the molecule is O=CC(c1ccc(-c2ccc(NS(=O)O)cc2Cl)cc1)[N+](=O)[O-]. The first-order valence-electron chi connectivity index (χ1n) is 6.28. The molecule has 0 aliphatic carbocycles. The van der Waals surface area contributed by atoms with E-state index in [0.29, 0.717) is 21.8 Å². The van der Waals surface area contributed by atoms with Crippen LogP contribution in [0.25, 0.3) is 11.1 Å². The standard InChI is InChI=1S/C14H11ClN2O5S/c15-13-7-11(16-23(21)22)5-6-12(13)9-1-3-10(4-2-9)14(8-18)17(19)20/h1-8,14,16H,(H,21,22). The van der Waals surface area contributed by atoms with Gasteiger partial charge in [0.1, 0.15) is 0 Å². The van der Waals surface area contributed by atoms with Gasteiger partial charge in [-0.15, -0.1) is 0 Å². The van der Waals surface area contributed by atoms with Crippen molar-refractivity contribution in [1.82, 2.24) is 0 Å². The second-order valence-electron chi connectivity index (χ2n) is 4.53. The molecule has 0 aromatic heterocycles. The third kappa shape index (κ3) is 4.13. The van der Waals surface area contributed by atoms with E-state index in [-0.39, 0.29) is 11.8 Å². The van der Waals surface area contributed by atoms with E-state index in [2.05, 4.69) is 4.72 Å². The third-order valence-electron chi connectivity index (χ3n) is 3.09. The monoisotopic (exact) mass is 354 g/mol. The van der Waals surface area contributed by atoms with Crippen molar-refractivity contribution in [3.63, 3.8) is 0 Å². The molecule has 0 saturated heterocycles. The lowest BCUT2D eigenvalue weighted by Crippen LogP contribution is -2.11. The summed E-state index contributed by atoms with van der Waals surface area (Å²) in [5.74, 6) is 0. The summed E-state index contributed by atoms with van der Waals surface area (Å²) in [6, 6.07) is 9.54. The zero-order valence-electron chi connectivity index (χ0n) is 11.5. The predicted molar refractivity (Wildman–Crippen MR) is 87.1 cm³/mol. The van der Waals surface area contributed by atoms with E-state index in [1.165, 1.54) is 18.2 Å². The van der Waals surface area contributed by atoms with Crippen molar-refractivity contribution < 1.29 is 18.5 Å². The van der Waals surface area contributed by atoms with Gasteiger partial charge in [0, 0.05) is 21.7 Å². The molecule has 0 saturated carbocycles. The van der Waals surface area contributed by atoms with Crippen molar-refractivity contribution in [2.45, 2.75) is 6.04 Å². The van der Waals surface area contributed by atoms with Gasteiger partial charge in [-0.1, -0.05) is 41.9 Å². The average Bonchev–Trinajstić information content (AvgIpc) is 2.48. The molecule has 0 spiro atoms. The van der Waals surface area contributed by atoms with Crippen LogP contribution in [0, 0.1) is 10.1 Å². The molecule has 7 nitrogen and oxygen atoms in total. The summed E-state index contributed by atoms with van der Waals surface area (Å²) in [6.07, 6.45) is 0.275. The Morgan fingerprint density at radius 3 is 2.39 bits per heavy atom. The summed E-state index contributed by atoms with van der Waals surface area (Å²) >= 11 is 3.95. The summed E-state index contributed by atoms with van der Waals surface area (Å²) in [7, 11) is 0. The minimum Gasteiger partial charge on any atom is -0.295 e. The van der Waals surface area contributed by atoms with Crippen molar-refractivity contribution in [1.29, 1.82) is 0 Å². The summed E-state index contributed by atoms with van der Waals surface area (Å²) in [4.78, 5) is 20.9. The van der Waals surface area contributed by atoms with Crippen LogP contribution >= 0.6 is 11.6 Å². The summed E-state index contributed by atoms with van der Waals surface area (Å²) in [6.45, 7) is 0. The molecule has 2 aromatic rings. The van der Waals surface area contributed by atoms with Crippen LogP contribution in [-0.4, -0.2) is 20.0 Å². The number of carbonyl (C=O) groups is 1. The summed E-state index contributed by atoms with van der Waals surface area (Å²) in [5, 5.41) is 11.1. The minimum absolute atomic E-state index is 0.275. The van der Waals surface area contributed by atoms with Crippen LogP contribution in [0.3, 0.4) is 0 Å². The van der Waals surface area contributed by atoms with Crippen molar-refractivity contribution in [2.24, 2.45) is 0 Å². The quantitative estimate of drug-likeness (QED) is 0.358. The molecule has 2 rings (SSSR count). The lowest BCUT2D eigenvalue weighted by molar-refractivity contribution is -0.511. The number of nitrogens with one attached hydrogen (secondary N) is 1. The molecule has 0 bridgehead atoms. The highest BCUT2D eigenvalue weighted by Crippen LogP contribution is 2.31. The van der Waals surface area contributed by atoms with Crippen molar-refractivity contribution >= 4 is 34.8 Å². The van der Waals surface area contributed by atoms with Gasteiger partial charge in [0.25, 0.3) is 17.3 Å². The van der Waals surface area contributed by atoms with E-state index in [0.717, 1.165) is 0 Å². The predicted octanol–water partition coefficient (Wildman–Crippen LogP) is 3.07. The van der Waals surface area contributed by atoms with Gasteiger partial charge in [-0.3, -0.25) is 24.2 Å². The lowest BCUT2D eigenvalue weighted by Gasteiger charge is -2.09. The van der Waals surface area contributed by atoms with Crippen LogP contribution in [0.15, 0.2) is 42.5 Å². The number of halogens is 1. The number of aldehydes is 1. The number of carbonyl (C=O) groups excluding carboxylic acids is 1. The van der Waals surface area contributed by atoms with E-state index in [1.54, 1.807) is 24.3 Å². The lowest BCUT2D eigenvalue weighted by atomic mass is 10.0. The maximum absolute atomic E-state index is 10.8. The molecule has 2 N–H and O–H groups in total. The topological polar surface area (TPSA) is 110 Å². The Kier molecular flexibility index (Phi) is 5.43. The van der Waals surface area contributed by atoms with Gasteiger partial charge in [-0.25, -0.2) is 4.21 Å². The van der Waals surface area contributed by atoms with Gasteiger partial charge in [-0.05, 0) is 17.7 Å². The highest BCUT2D eigenvalue weighted by molar-refractivity contribution is 7.80. The van der Waals surface area contributed by atoms with Crippen molar-refractivity contribution in [3.8, 4) is 11.1 Å². The van der Waals surface area contributed by atoms with Crippen molar-refractivity contribution in [2.75, 3.05) is 4.72 Å². The Morgan fingerprint density at radius 2 is 1.91 bits per heavy atom. The van der Waals surface area contributed by atoms with Crippen LogP contribution < -0.4 is 4.72 Å². The molecule has 2 unspecified atom stereocenters. The van der Waals surface area contributed by atoms with Gasteiger partial charge >= 0.3 is 0 Å². The van der Waals surface area contributed by atoms with Crippen LogP contribution in [-0.2, 0) is 16.1 Å². The maximum atomic E-state index is 10.8. The number of hydrogen-bond acceptors (Lipinski definition) is 4. The van der Waals surface area contributed by atoms with Crippen molar-refractivity contribution in [3.05, 3.63) is 63.2 Å². The van der Waals surface area contributed by atoms with Crippen LogP contribution in [0.1, 0.15) is 11.6 Å². The zero-order valence-corrected chi connectivity index (χ0v) is 13.1. The zero-order chi connectivity index (χ0) is 17.0. The second-order valence-corrected chi connectivity index (χ2v) is 5.64. The molecule has 120 valence electrons. The number of hydrogen-bond donors (Lipinski definition) is 2. The fourth-order valence-electron chi connectivity index (χ4n) is 2.02. The van der Waals surface area contributed by atoms with Gasteiger partial charge < -0.3 is 0 Å². The van der Waals surface area contributed by atoms with Gasteiger partial charge in [-0.2, -0.15) is 0 Å². The number of nitrogens with zero attached hydrogens (tertiary/aromatic N) is 1. The van der Waals surface area contributed by atoms with E-state index < -0.39 is 22.2 Å². The van der Waals surface area contributed by atoms with E-state index in [1.807, 2.05) is 0 Å². The maximum Gasteiger partial charge on any atom is 0.292 e. The van der Waals surface area contributed by atoms with Crippen LogP contribution in [0.2, 0.25) is 5.02 Å². The normalized spacial score (nSPS) is 13.1.